The number of ether oxygens (including phenoxy) is 1. The van der Waals surface area contributed by atoms with Crippen LogP contribution in [0.3, 0.4) is 0 Å². The van der Waals surface area contributed by atoms with Gasteiger partial charge in [0.05, 0.1) is 12.5 Å². The van der Waals surface area contributed by atoms with E-state index in [0.717, 1.165) is 25.1 Å². The minimum atomic E-state index is -0.0790. The maximum Gasteiger partial charge on any atom is 0.308 e. The zero-order valence-electron chi connectivity index (χ0n) is 12.3. The van der Waals surface area contributed by atoms with Gasteiger partial charge >= 0.3 is 5.97 Å². The lowest BCUT2D eigenvalue weighted by Crippen LogP contribution is -2.20. The SMILES string of the molecule is CCC(CC(C)C)C(=O)OCCCn1nnnc1C. The molecule has 0 amide bonds. The van der Waals surface area contributed by atoms with Crippen molar-refractivity contribution < 1.29 is 9.53 Å². The minimum absolute atomic E-state index is 0.0229. The monoisotopic (exact) mass is 268 g/mol. The Labute approximate surface area is 114 Å². The van der Waals surface area contributed by atoms with E-state index < -0.39 is 0 Å². The molecule has 1 unspecified atom stereocenters. The molecule has 0 bridgehead atoms. The number of aromatic nitrogens is 4. The second-order valence-corrected chi connectivity index (χ2v) is 5.21. The van der Waals surface area contributed by atoms with Crippen LogP contribution >= 0.6 is 0 Å². The lowest BCUT2D eigenvalue weighted by molar-refractivity contribution is -0.149. The molecule has 6 nitrogen and oxygen atoms in total. The summed E-state index contributed by atoms with van der Waals surface area (Å²) in [6, 6.07) is 0. The molecule has 1 heterocycles. The average molecular weight is 268 g/mol. The molecular weight excluding hydrogens is 244 g/mol. The van der Waals surface area contributed by atoms with Crippen molar-refractivity contribution in [1.29, 1.82) is 0 Å². The highest BCUT2D eigenvalue weighted by molar-refractivity contribution is 5.72. The van der Waals surface area contributed by atoms with Crippen molar-refractivity contribution >= 4 is 5.97 Å². The van der Waals surface area contributed by atoms with E-state index in [-0.39, 0.29) is 11.9 Å². The molecular formula is C13H24N4O2. The van der Waals surface area contributed by atoms with Crippen molar-refractivity contribution in [3.05, 3.63) is 5.82 Å². The number of carbonyl (C=O) groups excluding carboxylic acids is 1. The van der Waals surface area contributed by atoms with Gasteiger partial charge in [-0.25, -0.2) is 4.68 Å². The van der Waals surface area contributed by atoms with Crippen LogP contribution in [0.15, 0.2) is 0 Å². The number of nitrogens with zero attached hydrogens (tertiary/aromatic N) is 4. The van der Waals surface area contributed by atoms with Crippen LogP contribution in [0.2, 0.25) is 0 Å². The van der Waals surface area contributed by atoms with E-state index in [4.69, 9.17) is 4.74 Å². The van der Waals surface area contributed by atoms with Gasteiger partial charge in [-0.15, -0.1) is 5.10 Å². The Morgan fingerprint density at radius 2 is 2.16 bits per heavy atom. The van der Waals surface area contributed by atoms with E-state index in [2.05, 4.69) is 29.4 Å². The molecule has 108 valence electrons. The van der Waals surface area contributed by atoms with Crippen molar-refractivity contribution in [3.63, 3.8) is 0 Å². The Morgan fingerprint density at radius 3 is 2.68 bits per heavy atom. The highest BCUT2D eigenvalue weighted by Gasteiger charge is 2.18. The highest BCUT2D eigenvalue weighted by Crippen LogP contribution is 2.16. The second-order valence-electron chi connectivity index (χ2n) is 5.21. The van der Waals surface area contributed by atoms with Crippen molar-refractivity contribution in [2.75, 3.05) is 6.61 Å². The van der Waals surface area contributed by atoms with Crippen LogP contribution in [0.25, 0.3) is 0 Å². The lowest BCUT2D eigenvalue weighted by Gasteiger charge is -2.16. The number of rotatable bonds is 8. The molecule has 19 heavy (non-hydrogen) atoms. The van der Waals surface area contributed by atoms with Crippen LogP contribution in [0.1, 0.15) is 45.9 Å². The van der Waals surface area contributed by atoms with Gasteiger partial charge in [-0.2, -0.15) is 0 Å². The number of hydrogen-bond acceptors (Lipinski definition) is 5. The van der Waals surface area contributed by atoms with E-state index in [1.165, 1.54) is 0 Å². The maximum atomic E-state index is 11.9. The highest BCUT2D eigenvalue weighted by atomic mass is 16.5. The van der Waals surface area contributed by atoms with Crippen LogP contribution in [0.4, 0.5) is 0 Å². The summed E-state index contributed by atoms with van der Waals surface area (Å²) in [7, 11) is 0. The fourth-order valence-electron chi connectivity index (χ4n) is 1.96. The second kappa shape index (κ2) is 7.86. The molecule has 0 aliphatic rings. The first-order valence-electron chi connectivity index (χ1n) is 6.94. The Hall–Kier alpha value is -1.46. The largest absolute Gasteiger partial charge is 0.465 e. The van der Waals surface area contributed by atoms with Gasteiger partial charge < -0.3 is 4.74 Å². The first-order chi connectivity index (χ1) is 9.04. The van der Waals surface area contributed by atoms with Gasteiger partial charge in [-0.05, 0) is 36.1 Å². The molecule has 0 radical (unpaired) electrons. The normalized spacial score (nSPS) is 12.7. The Morgan fingerprint density at radius 1 is 1.42 bits per heavy atom. The van der Waals surface area contributed by atoms with Crippen molar-refractivity contribution in [2.24, 2.45) is 11.8 Å². The van der Waals surface area contributed by atoms with Crippen LogP contribution in [-0.2, 0) is 16.1 Å². The Bertz CT molecular complexity index is 390. The van der Waals surface area contributed by atoms with Gasteiger partial charge in [0.15, 0.2) is 0 Å². The molecule has 1 rings (SSSR count). The molecule has 0 spiro atoms. The number of tetrazole rings is 1. The summed E-state index contributed by atoms with van der Waals surface area (Å²) < 4.78 is 7.02. The molecule has 0 aliphatic heterocycles. The van der Waals surface area contributed by atoms with Gasteiger partial charge in [-0.1, -0.05) is 20.8 Å². The van der Waals surface area contributed by atoms with E-state index >= 15 is 0 Å². The van der Waals surface area contributed by atoms with Gasteiger partial charge in [-0.3, -0.25) is 4.79 Å². The summed E-state index contributed by atoms with van der Waals surface area (Å²) in [6.07, 6.45) is 2.46. The van der Waals surface area contributed by atoms with Crippen molar-refractivity contribution in [1.82, 2.24) is 20.2 Å². The summed E-state index contributed by atoms with van der Waals surface area (Å²) in [6.45, 7) is 9.22. The molecule has 1 aromatic rings. The van der Waals surface area contributed by atoms with Crippen LogP contribution in [0.5, 0.6) is 0 Å². The van der Waals surface area contributed by atoms with Gasteiger partial charge in [0.2, 0.25) is 0 Å². The van der Waals surface area contributed by atoms with Gasteiger partial charge in [0, 0.05) is 13.0 Å². The smallest absolute Gasteiger partial charge is 0.308 e. The van der Waals surface area contributed by atoms with Crippen LogP contribution in [0, 0.1) is 18.8 Å². The third-order valence-corrected chi connectivity index (χ3v) is 3.05. The molecule has 0 saturated heterocycles. The Balaban J connectivity index is 2.24. The number of hydrogen-bond donors (Lipinski definition) is 0. The van der Waals surface area contributed by atoms with Gasteiger partial charge in [0.25, 0.3) is 0 Å². The van der Waals surface area contributed by atoms with Gasteiger partial charge in [0.1, 0.15) is 5.82 Å². The van der Waals surface area contributed by atoms with Crippen LogP contribution in [-0.4, -0.2) is 32.8 Å². The molecule has 0 saturated carbocycles. The third-order valence-electron chi connectivity index (χ3n) is 3.05. The van der Waals surface area contributed by atoms with Crippen LogP contribution < -0.4 is 0 Å². The summed E-state index contributed by atoms with van der Waals surface area (Å²) in [5, 5.41) is 11.2. The number of carbonyl (C=O) groups is 1. The molecule has 1 atom stereocenters. The lowest BCUT2D eigenvalue weighted by atomic mass is 9.95. The maximum absolute atomic E-state index is 11.9. The number of esters is 1. The van der Waals surface area contributed by atoms with E-state index in [1.807, 2.05) is 13.8 Å². The first kappa shape index (κ1) is 15.6. The molecule has 1 aromatic heterocycles. The fraction of sp³-hybridized carbons (Fsp3) is 0.846. The molecule has 0 aliphatic carbocycles. The zero-order chi connectivity index (χ0) is 14.3. The quantitative estimate of drug-likeness (QED) is 0.532. The fourth-order valence-corrected chi connectivity index (χ4v) is 1.96. The summed E-state index contributed by atoms with van der Waals surface area (Å²) in [4.78, 5) is 11.9. The average Bonchev–Trinajstić information content (AvgIpc) is 2.77. The van der Waals surface area contributed by atoms with Crippen molar-refractivity contribution in [2.45, 2.75) is 53.5 Å². The molecule has 0 fully saturated rings. The van der Waals surface area contributed by atoms with E-state index in [9.17, 15) is 4.79 Å². The third kappa shape index (κ3) is 5.36. The van der Waals surface area contributed by atoms with Crippen molar-refractivity contribution in [3.8, 4) is 0 Å². The number of aryl methyl sites for hydroxylation is 2. The Kier molecular flexibility index (Phi) is 6.45. The molecule has 0 N–H and O–H groups in total. The van der Waals surface area contributed by atoms with E-state index in [1.54, 1.807) is 4.68 Å². The zero-order valence-corrected chi connectivity index (χ0v) is 12.3. The van der Waals surface area contributed by atoms with E-state index in [0.29, 0.717) is 19.1 Å². The predicted octanol–water partition coefficient (Wildman–Crippen LogP) is 1.99. The first-order valence-corrected chi connectivity index (χ1v) is 6.94. The molecule has 6 heteroatoms. The minimum Gasteiger partial charge on any atom is -0.465 e. The summed E-state index contributed by atoms with van der Waals surface area (Å²) in [5.74, 6) is 1.23. The predicted molar refractivity (Wildman–Crippen MR) is 71.4 cm³/mol. The summed E-state index contributed by atoms with van der Waals surface area (Å²) in [5.41, 5.74) is 0. The standard InChI is InChI=1S/C13H24N4O2/c1-5-12(9-10(2)3)13(18)19-8-6-7-17-11(4)14-15-16-17/h10,12H,5-9H2,1-4H3. The summed E-state index contributed by atoms with van der Waals surface area (Å²) >= 11 is 0. The molecule has 0 aromatic carbocycles. The topological polar surface area (TPSA) is 69.9 Å².